The fraction of sp³-hybridized carbons (Fsp3) is 0.562. The number of hydrogen-bond acceptors (Lipinski definition) is 4. The van der Waals surface area contributed by atoms with Gasteiger partial charge in [-0.1, -0.05) is 0 Å². The zero-order valence-electron chi connectivity index (χ0n) is 12.8. The van der Waals surface area contributed by atoms with Gasteiger partial charge in [-0.05, 0) is 43.5 Å². The third-order valence-corrected chi connectivity index (χ3v) is 3.98. The summed E-state index contributed by atoms with van der Waals surface area (Å²) in [6.45, 7) is 4.20. The predicted octanol–water partition coefficient (Wildman–Crippen LogP) is 1.62. The first-order valence-electron chi connectivity index (χ1n) is 7.58. The summed E-state index contributed by atoms with van der Waals surface area (Å²) >= 11 is 0. The Morgan fingerprint density at radius 3 is 3.09 bits per heavy atom. The van der Waals surface area contributed by atoms with E-state index in [2.05, 4.69) is 10.2 Å². The van der Waals surface area contributed by atoms with Crippen molar-refractivity contribution in [2.24, 2.45) is 5.92 Å². The zero-order valence-corrected chi connectivity index (χ0v) is 12.8. The van der Waals surface area contributed by atoms with Gasteiger partial charge in [-0.2, -0.15) is 0 Å². The third-order valence-electron chi connectivity index (χ3n) is 3.98. The standard InChI is InChI=1S/C16H23FN2O3/c1-22-8-7-19-6-2-3-12(11-19)10-18-16(21)13-4-5-15(20)14(17)9-13/h4-5,9,12,20H,2-3,6-8,10-11H2,1H3,(H,18,21). The quantitative estimate of drug-likeness (QED) is 0.838. The minimum atomic E-state index is -0.781. The predicted molar refractivity (Wildman–Crippen MR) is 81.4 cm³/mol. The number of likely N-dealkylation sites (tertiary alicyclic amines) is 1. The molecular formula is C16H23FN2O3. The van der Waals surface area contributed by atoms with E-state index in [0.717, 1.165) is 38.5 Å². The van der Waals surface area contributed by atoms with E-state index in [1.165, 1.54) is 12.1 Å². The number of halogens is 1. The van der Waals surface area contributed by atoms with E-state index >= 15 is 0 Å². The second kappa shape index (κ2) is 8.10. The van der Waals surface area contributed by atoms with Crippen molar-refractivity contribution in [3.05, 3.63) is 29.6 Å². The molecule has 1 unspecified atom stereocenters. The first-order chi connectivity index (χ1) is 10.6. The van der Waals surface area contributed by atoms with Gasteiger partial charge in [-0.15, -0.1) is 0 Å². The number of rotatable bonds is 6. The highest BCUT2D eigenvalue weighted by Gasteiger charge is 2.20. The molecule has 0 spiro atoms. The van der Waals surface area contributed by atoms with Gasteiger partial charge in [0.2, 0.25) is 0 Å². The van der Waals surface area contributed by atoms with E-state index < -0.39 is 11.6 Å². The molecule has 0 aromatic heterocycles. The maximum absolute atomic E-state index is 13.3. The molecule has 1 saturated heterocycles. The maximum atomic E-state index is 13.3. The summed E-state index contributed by atoms with van der Waals surface area (Å²) in [5.74, 6) is -1.14. The first kappa shape index (κ1) is 16.7. The molecule has 1 heterocycles. The number of ether oxygens (including phenoxy) is 1. The van der Waals surface area contributed by atoms with Gasteiger partial charge in [0, 0.05) is 32.3 Å². The van der Waals surface area contributed by atoms with E-state index in [0.29, 0.717) is 19.1 Å². The molecule has 1 fully saturated rings. The molecule has 1 aliphatic rings. The smallest absolute Gasteiger partial charge is 0.251 e. The summed E-state index contributed by atoms with van der Waals surface area (Å²) in [5.41, 5.74) is 0.224. The highest BCUT2D eigenvalue weighted by atomic mass is 19.1. The second-order valence-electron chi connectivity index (χ2n) is 5.68. The highest BCUT2D eigenvalue weighted by Crippen LogP contribution is 2.17. The van der Waals surface area contributed by atoms with Crippen molar-refractivity contribution in [2.45, 2.75) is 12.8 Å². The Kier molecular flexibility index (Phi) is 6.15. The number of hydrogen-bond donors (Lipinski definition) is 2. The molecule has 6 heteroatoms. The van der Waals surface area contributed by atoms with Crippen molar-refractivity contribution in [3.8, 4) is 5.75 Å². The van der Waals surface area contributed by atoms with Crippen LogP contribution in [-0.2, 0) is 4.74 Å². The second-order valence-corrected chi connectivity index (χ2v) is 5.68. The van der Waals surface area contributed by atoms with Crippen LogP contribution in [-0.4, -0.2) is 55.8 Å². The van der Waals surface area contributed by atoms with E-state index in [-0.39, 0.29) is 11.5 Å². The van der Waals surface area contributed by atoms with Crippen molar-refractivity contribution in [2.75, 3.05) is 39.9 Å². The van der Waals surface area contributed by atoms with Crippen LogP contribution >= 0.6 is 0 Å². The van der Waals surface area contributed by atoms with Crippen molar-refractivity contribution in [3.63, 3.8) is 0 Å². The lowest BCUT2D eigenvalue weighted by Gasteiger charge is -2.32. The Labute approximate surface area is 130 Å². The van der Waals surface area contributed by atoms with Crippen LogP contribution in [0.15, 0.2) is 18.2 Å². The number of nitrogens with zero attached hydrogens (tertiary/aromatic N) is 1. The normalized spacial score (nSPS) is 19.1. The maximum Gasteiger partial charge on any atom is 0.251 e. The molecule has 0 bridgehead atoms. The SMILES string of the molecule is COCCN1CCCC(CNC(=O)c2ccc(O)c(F)c2)C1. The van der Waals surface area contributed by atoms with Crippen LogP contribution in [0.2, 0.25) is 0 Å². The average molecular weight is 310 g/mol. The number of amides is 1. The number of aromatic hydroxyl groups is 1. The number of phenolic OH excluding ortho intramolecular Hbond substituents is 1. The topological polar surface area (TPSA) is 61.8 Å². The molecule has 2 N–H and O–H groups in total. The van der Waals surface area contributed by atoms with Crippen LogP contribution in [0, 0.1) is 11.7 Å². The van der Waals surface area contributed by atoms with Crippen molar-refractivity contribution in [1.82, 2.24) is 10.2 Å². The summed E-state index contributed by atoms with van der Waals surface area (Å²) < 4.78 is 18.3. The zero-order chi connectivity index (χ0) is 15.9. The molecule has 1 amide bonds. The Morgan fingerprint density at radius 2 is 2.36 bits per heavy atom. The number of piperidine rings is 1. The Balaban J connectivity index is 1.81. The molecule has 0 aliphatic carbocycles. The highest BCUT2D eigenvalue weighted by molar-refractivity contribution is 5.94. The van der Waals surface area contributed by atoms with E-state index in [9.17, 15) is 9.18 Å². The van der Waals surface area contributed by atoms with Crippen molar-refractivity contribution < 1.29 is 19.0 Å². The molecule has 1 aromatic carbocycles. The van der Waals surface area contributed by atoms with Gasteiger partial charge in [0.1, 0.15) is 0 Å². The molecule has 5 nitrogen and oxygen atoms in total. The molecular weight excluding hydrogens is 287 g/mol. The lowest BCUT2D eigenvalue weighted by atomic mass is 9.98. The van der Waals surface area contributed by atoms with Gasteiger partial charge >= 0.3 is 0 Å². The number of methoxy groups -OCH3 is 1. The fourth-order valence-corrected chi connectivity index (χ4v) is 2.73. The number of carbonyl (C=O) groups is 1. The minimum absolute atomic E-state index is 0.224. The van der Waals surface area contributed by atoms with Gasteiger partial charge in [-0.25, -0.2) is 4.39 Å². The Bertz CT molecular complexity index is 510. The van der Waals surface area contributed by atoms with Crippen LogP contribution in [0.25, 0.3) is 0 Å². The molecule has 1 aromatic rings. The lowest BCUT2D eigenvalue weighted by molar-refractivity contribution is 0.0912. The molecule has 122 valence electrons. The lowest BCUT2D eigenvalue weighted by Crippen LogP contribution is -2.42. The van der Waals surface area contributed by atoms with Gasteiger partial charge in [0.25, 0.3) is 5.91 Å². The fourth-order valence-electron chi connectivity index (χ4n) is 2.73. The molecule has 2 rings (SSSR count). The molecule has 0 saturated carbocycles. The summed E-state index contributed by atoms with van der Waals surface area (Å²) in [7, 11) is 1.69. The first-order valence-corrected chi connectivity index (χ1v) is 7.58. The largest absolute Gasteiger partial charge is 0.505 e. The van der Waals surface area contributed by atoms with Crippen LogP contribution in [0.1, 0.15) is 23.2 Å². The van der Waals surface area contributed by atoms with Gasteiger partial charge in [0.15, 0.2) is 11.6 Å². The average Bonchev–Trinajstić information content (AvgIpc) is 2.53. The summed E-state index contributed by atoms with van der Waals surface area (Å²) in [5, 5.41) is 12.0. The number of phenols is 1. The monoisotopic (exact) mass is 310 g/mol. The van der Waals surface area contributed by atoms with Crippen LogP contribution in [0.4, 0.5) is 4.39 Å². The third kappa shape index (κ3) is 4.68. The Hall–Kier alpha value is -1.66. The molecule has 0 radical (unpaired) electrons. The van der Waals surface area contributed by atoms with E-state index in [1.54, 1.807) is 7.11 Å². The number of carbonyl (C=O) groups excluding carboxylic acids is 1. The van der Waals surface area contributed by atoms with Crippen molar-refractivity contribution in [1.29, 1.82) is 0 Å². The summed E-state index contributed by atoms with van der Waals surface area (Å²) in [4.78, 5) is 14.3. The van der Waals surface area contributed by atoms with Gasteiger partial charge < -0.3 is 20.1 Å². The van der Waals surface area contributed by atoms with Crippen LogP contribution < -0.4 is 5.32 Å². The summed E-state index contributed by atoms with van der Waals surface area (Å²) in [6.07, 6.45) is 2.19. The molecule has 1 aliphatic heterocycles. The Morgan fingerprint density at radius 1 is 1.55 bits per heavy atom. The summed E-state index contributed by atoms with van der Waals surface area (Å²) in [6, 6.07) is 3.66. The van der Waals surface area contributed by atoms with E-state index in [1.807, 2.05) is 0 Å². The van der Waals surface area contributed by atoms with Crippen molar-refractivity contribution >= 4 is 5.91 Å². The van der Waals surface area contributed by atoms with E-state index in [4.69, 9.17) is 9.84 Å². The number of benzene rings is 1. The van der Waals surface area contributed by atoms with Gasteiger partial charge in [-0.3, -0.25) is 4.79 Å². The van der Waals surface area contributed by atoms with Crippen LogP contribution in [0.5, 0.6) is 5.75 Å². The van der Waals surface area contributed by atoms with Gasteiger partial charge in [0.05, 0.1) is 6.61 Å². The molecule has 22 heavy (non-hydrogen) atoms. The number of nitrogens with one attached hydrogen (secondary N) is 1. The van der Waals surface area contributed by atoms with Crippen LogP contribution in [0.3, 0.4) is 0 Å². The molecule has 1 atom stereocenters. The minimum Gasteiger partial charge on any atom is -0.505 e.